The molecule has 11 heteroatoms. The van der Waals surface area contributed by atoms with E-state index in [1.165, 1.54) is 23.5 Å². The van der Waals surface area contributed by atoms with Crippen LogP contribution < -0.4 is 10.0 Å². The molecule has 7 nitrogen and oxygen atoms in total. The van der Waals surface area contributed by atoms with Gasteiger partial charge >= 0.3 is 0 Å². The van der Waals surface area contributed by atoms with E-state index in [0.717, 1.165) is 16.5 Å². The van der Waals surface area contributed by atoms with E-state index >= 15 is 0 Å². The number of benzene rings is 3. The lowest BCUT2D eigenvalue weighted by Gasteiger charge is -2.10. The summed E-state index contributed by atoms with van der Waals surface area (Å²) in [6.07, 6.45) is 0.991. The zero-order chi connectivity index (χ0) is 23.6. The fourth-order valence-corrected chi connectivity index (χ4v) is 5.14. The van der Waals surface area contributed by atoms with Crippen LogP contribution in [0.25, 0.3) is 10.2 Å². The lowest BCUT2D eigenvalue weighted by atomic mass is 10.2. The molecule has 0 atom stereocenters. The van der Waals surface area contributed by atoms with Crippen molar-refractivity contribution in [2.75, 3.05) is 16.3 Å². The number of hydrogen-bond acceptors (Lipinski definition) is 6. The Kier molecular flexibility index (Phi) is 6.66. The smallest absolute Gasteiger partial charge is 0.277 e. The van der Waals surface area contributed by atoms with Gasteiger partial charge in [-0.15, -0.1) is 11.3 Å². The summed E-state index contributed by atoms with van der Waals surface area (Å²) in [5.41, 5.74) is 1.70. The van der Waals surface area contributed by atoms with Gasteiger partial charge in [0.15, 0.2) is 5.71 Å². The summed E-state index contributed by atoms with van der Waals surface area (Å²) < 4.78 is 26.3. The van der Waals surface area contributed by atoms with Crippen LogP contribution in [0.2, 0.25) is 10.0 Å². The summed E-state index contributed by atoms with van der Waals surface area (Å²) in [5, 5.41) is 3.31. The number of carbonyl (C=O) groups excluding carboxylic acids is 1. The average Bonchev–Trinajstić information content (AvgIpc) is 3.18. The zero-order valence-corrected chi connectivity index (χ0v) is 20.2. The molecule has 0 unspecified atom stereocenters. The number of amides is 1. The first-order valence-corrected chi connectivity index (χ1v) is 12.9. The van der Waals surface area contributed by atoms with Crippen LogP contribution in [0.1, 0.15) is 5.01 Å². The van der Waals surface area contributed by atoms with Gasteiger partial charge in [0.2, 0.25) is 10.0 Å². The number of halogens is 2. The number of anilines is 2. The molecule has 0 aliphatic rings. The van der Waals surface area contributed by atoms with Gasteiger partial charge in [0, 0.05) is 5.69 Å². The van der Waals surface area contributed by atoms with Crippen molar-refractivity contribution in [1.82, 2.24) is 4.98 Å². The van der Waals surface area contributed by atoms with E-state index in [-0.39, 0.29) is 27.1 Å². The van der Waals surface area contributed by atoms with Crippen LogP contribution in [0.4, 0.5) is 17.1 Å². The minimum atomic E-state index is -3.59. The number of hydrogen-bond donors (Lipinski definition) is 2. The van der Waals surface area contributed by atoms with Crippen LogP contribution in [0, 0.1) is 0 Å². The third-order valence-corrected chi connectivity index (χ3v) is 6.51. The molecule has 4 rings (SSSR count). The Morgan fingerprint density at radius 2 is 1.64 bits per heavy atom. The third kappa shape index (κ3) is 5.69. The van der Waals surface area contributed by atoms with Crippen LogP contribution in [0.15, 0.2) is 71.7 Å². The highest BCUT2D eigenvalue weighted by molar-refractivity contribution is 7.92. The third-order valence-electron chi connectivity index (χ3n) is 4.30. The Balaban J connectivity index is 1.79. The van der Waals surface area contributed by atoms with Crippen LogP contribution in [-0.4, -0.2) is 31.3 Å². The molecule has 0 aliphatic carbocycles. The maximum Gasteiger partial charge on any atom is 0.277 e. The van der Waals surface area contributed by atoms with Crippen LogP contribution in [-0.2, 0) is 14.8 Å². The molecule has 0 radical (unpaired) electrons. The summed E-state index contributed by atoms with van der Waals surface area (Å²) in [6, 6.07) is 19.3. The molecule has 0 fully saturated rings. The van der Waals surface area contributed by atoms with Gasteiger partial charge in [0.05, 0.1) is 37.9 Å². The van der Waals surface area contributed by atoms with Crippen molar-refractivity contribution in [3.8, 4) is 0 Å². The van der Waals surface area contributed by atoms with E-state index in [1.807, 2.05) is 30.3 Å². The van der Waals surface area contributed by atoms with Crippen molar-refractivity contribution in [2.45, 2.75) is 0 Å². The minimum Gasteiger partial charge on any atom is -0.321 e. The molecule has 168 valence electrons. The van der Waals surface area contributed by atoms with Crippen molar-refractivity contribution >= 4 is 83.5 Å². The molecule has 2 N–H and O–H groups in total. The summed E-state index contributed by atoms with van der Waals surface area (Å²) in [6.45, 7) is 0. The quantitative estimate of drug-likeness (QED) is 0.318. The number of para-hydroxylation sites is 2. The van der Waals surface area contributed by atoms with Gasteiger partial charge in [0.1, 0.15) is 5.01 Å². The van der Waals surface area contributed by atoms with Crippen LogP contribution in [0.5, 0.6) is 0 Å². The molecule has 0 saturated carbocycles. The molecule has 3 aromatic carbocycles. The lowest BCUT2D eigenvalue weighted by molar-refractivity contribution is -0.110. The fourth-order valence-electron chi connectivity index (χ4n) is 2.92. The molecular formula is C22H16Cl2N4O3S2. The van der Waals surface area contributed by atoms with Crippen LogP contribution in [0.3, 0.4) is 0 Å². The molecule has 0 bridgehead atoms. The normalized spacial score (nSPS) is 12.0. The Bertz CT molecular complexity index is 1430. The van der Waals surface area contributed by atoms with E-state index in [0.29, 0.717) is 10.7 Å². The van der Waals surface area contributed by atoms with Gasteiger partial charge in [-0.3, -0.25) is 9.52 Å². The highest BCUT2D eigenvalue weighted by Gasteiger charge is 2.20. The number of sulfonamides is 1. The predicted octanol–water partition coefficient (Wildman–Crippen LogP) is 5.73. The van der Waals surface area contributed by atoms with Gasteiger partial charge in [-0.2, -0.15) is 0 Å². The molecule has 0 saturated heterocycles. The number of thiazole rings is 1. The lowest BCUT2D eigenvalue weighted by Crippen LogP contribution is -2.23. The number of rotatable bonds is 6. The van der Waals surface area contributed by atoms with Gasteiger partial charge in [-0.05, 0) is 36.4 Å². The topological polar surface area (TPSA) is 101 Å². The number of nitrogens with one attached hydrogen (secondary N) is 2. The molecule has 4 aromatic rings. The Morgan fingerprint density at radius 1 is 1.00 bits per heavy atom. The first-order chi connectivity index (χ1) is 15.7. The second kappa shape index (κ2) is 9.48. The van der Waals surface area contributed by atoms with Crippen molar-refractivity contribution < 1.29 is 13.2 Å². The average molecular weight is 519 g/mol. The second-order valence-corrected chi connectivity index (χ2v) is 10.5. The Labute approximate surface area is 204 Å². The van der Waals surface area contributed by atoms with E-state index in [9.17, 15) is 13.2 Å². The molecule has 1 aromatic heterocycles. The summed E-state index contributed by atoms with van der Waals surface area (Å²) >= 11 is 13.8. The van der Waals surface area contributed by atoms with Crippen molar-refractivity contribution in [2.24, 2.45) is 4.99 Å². The van der Waals surface area contributed by atoms with Gasteiger partial charge in [0.25, 0.3) is 5.91 Å². The molecule has 1 amide bonds. The van der Waals surface area contributed by atoms with Gasteiger partial charge in [-0.1, -0.05) is 53.5 Å². The number of aliphatic imine (C=N–C) groups is 1. The molecule has 1 heterocycles. The van der Waals surface area contributed by atoms with Crippen molar-refractivity contribution in [3.05, 3.63) is 81.8 Å². The van der Waals surface area contributed by atoms with Gasteiger partial charge < -0.3 is 5.32 Å². The van der Waals surface area contributed by atoms with E-state index < -0.39 is 15.9 Å². The molecule has 33 heavy (non-hydrogen) atoms. The summed E-state index contributed by atoms with van der Waals surface area (Å²) in [4.78, 5) is 22.2. The maximum atomic E-state index is 13.2. The minimum absolute atomic E-state index is 0.0371. The predicted molar refractivity (Wildman–Crippen MR) is 136 cm³/mol. The standard InChI is InChI=1S/C22H16Cl2N4O3S2/c1-33(30,31)28-19-15(23)11-14(12-16(19)24)25-20(21(29)26-13-7-3-2-4-8-13)22-27-17-9-5-6-10-18(17)32-22/h2-12,28H,1H3,(H,26,29). The van der Waals surface area contributed by atoms with Crippen molar-refractivity contribution in [3.63, 3.8) is 0 Å². The largest absolute Gasteiger partial charge is 0.321 e. The maximum absolute atomic E-state index is 13.2. The summed E-state index contributed by atoms with van der Waals surface area (Å²) in [5.74, 6) is -0.467. The first-order valence-electron chi connectivity index (χ1n) is 9.47. The molecule has 0 spiro atoms. The molecular weight excluding hydrogens is 503 g/mol. The monoisotopic (exact) mass is 518 g/mol. The first kappa shape index (κ1) is 23.2. The number of fused-ring (bicyclic) bond motifs is 1. The highest BCUT2D eigenvalue weighted by atomic mass is 35.5. The Morgan fingerprint density at radius 3 is 2.27 bits per heavy atom. The van der Waals surface area contributed by atoms with E-state index in [2.05, 4.69) is 20.0 Å². The second-order valence-electron chi connectivity index (χ2n) is 6.93. The highest BCUT2D eigenvalue weighted by Crippen LogP contribution is 2.36. The number of nitrogens with zero attached hydrogens (tertiary/aromatic N) is 2. The SMILES string of the molecule is CS(=O)(=O)Nc1c(Cl)cc(N=C(C(=O)Nc2ccccc2)c2nc3ccccc3s2)cc1Cl. The summed E-state index contributed by atoms with van der Waals surface area (Å²) in [7, 11) is -3.59. The van der Waals surface area contributed by atoms with E-state index in [1.54, 1.807) is 24.3 Å². The zero-order valence-electron chi connectivity index (χ0n) is 17.0. The Hall–Kier alpha value is -2.98. The van der Waals surface area contributed by atoms with Gasteiger partial charge in [-0.25, -0.2) is 18.4 Å². The van der Waals surface area contributed by atoms with Crippen molar-refractivity contribution in [1.29, 1.82) is 0 Å². The number of aromatic nitrogens is 1. The fraction of sp³-hybridized carbons (Fsp3) is 0.0455. The van der Waals surface area contributed by atoms with E-state index in [4.69, 9.17) is 23.2 Å². The molecule has 0 aliphatic heterocycles. The van der Waals surface area contributed by atoms with Crippen LogP contribution >= 0.6 is 34.5 Å². The number of carbonyl (C=O) groups is 1.